The van der Waals surface area contributed by atoms with Crippen LogP contribution < -0.4 is 5.32 Å². The molecule has 0 rings (SSSR count). The molecule has 0 aromatic rings. The molecule has 0 bridgehead atoms. The molecule has 0 spiro atoms. The predicted molar refractivity (Wildman–Crippen MR) is 250 cm³/mol. The van der Waals surface area contributed by atoms with Crippen LogP contribution >= 0.6 is 0 Å². The van der Waals surface area contributed by atoms with Crippen LogP contribution in [-0.2, 0) is 14.3 Å². The standard InChI is InChI=1S/C52H93NO5/c1-3-5-7-9-11-13-15-16-17-20-23-26-30-34-38-42-46-52(57)58-47-43-39-35-31-27-24-21-18-19-22-25-29-33-37-41-45-51(56)53-49(48-54)50(55)44-40-36-32-28-14-12-10-8-6-4-2/h13,15,17-18,20-21,24,27,40,44,49-50,54-55H,3-12,14,16,19,22-23,25-26,28-39,41-43,45-48H2,1-2H3,(H,53,56)/b15-13-,20-17-,21-18-,27-24-,44-40+. The number of allylic oxidation sites excluding steroid dienone is 9. The van der Waals surface area contributed by atoms with E-state index in [0.717, 1.165) is 89.9 Å². The number of rotatable bonds is 44. The summed E-state index contributed by atoms with van der Waals surface area (Å²) in [5, 5.41) is 22.9. The number of nitrogens with one attached hydrogen (secondary N) is 1. The van der Waals surface area contributed by atoms with E-state index in [1.807, 2.05) is 6.08 Å². The Bertz CT molecular complexity index is 1030. The van der Waals surface area contributed by atoms with Crippen LogP contribution in [-0.4, -0.2) is 47.4 Å². The van der Waals surface area contributed by atoms with Crippen molar-refractivity contribution in [1.29, 1.82) is 0 Å². The zero-order chi connectivity index (χ0) is 42.3. The van der Waals surface area contributed by atoms with Crippen molar-refractivity contribution in [3.8, 4) is 0 Å². The number of amides is 1. The van der Waals surface area contributed by atoms with Gasteiger partial charge in [-0.1, -0.05) is 184 Å². The summed E-state index contributed by atoms with van der Waals surface area (Å²) < 4.78 is 5.43. The van der Waals surface area contributed by atoms with E-state index >= 15 is 0 Å². The second kappa shape index (κ2) is 47.2. The van der Waals surface area contributed by atoms with Gasteiger partial charge in [-0.25, -0.2) is 0 Å². The lowest BCUT2D eigenvalue weighted by atomic mass is 10.1. The number of unbranched alkanes of at least 4 members (excludes halogenated alkanes) is 26. The zero-order valence-electron chi connectivity index (χ0n) is 38.0. The van der Waals surface area contributed by atoms with Gasteiger partial charge >= 0.3 is 5.97 Å². The average molecular weight is 812 g/mol. The van der Waals surface area contributed by atoms with E-state index < -0.39 is 12.1 Å². The third-order valence-corrected chi connectivity index (χ3v) is 10.8. The number of aliphatic hydroxyl groups is 2. The maximum Gasteiger partial charge on any atom is 0.305 e. The first-order valence-electron chi connectivity index (χ1n) is 24.6. The largest absolute Gasteiger partial charge is 0.466 e. The van der Waals surface area contributed by atoms with Gasteiger partial charge in [-0.2, -0.15) is 0 Å². The van der Waals surface area contributed by atoms with Crippen molar-refractivity contribution in [2.45, 2.75) is 244 Å². The van der Waals surface area contributed by atoms with E-state index in [9.17, 15) is 19.8 Å². The number of ether oxygens (including phenoxy) is 1. The van der Waals surface area contributed by atoms with Crippen molar-refractivity contribution < 1.29 is 24.5 Å². The summed E-state index contributed by atoms with van der Waals surface area (Å²) in [5.74, 6) is -0.133. The fourth-order valence-electron chi connectivity index (χ4n) is 6.94. The fraction of sp³-hybridized carbons (Fsp3) is 0.769. The Kier molecular flexibility index (Phi) is 45.3. The molecule has 0 saturated heterocycles. The second-order valence-corrected chi connectivity index (χ2v) is 16.5. The van der Waals surface area contributed by atoms with E-state index in [0.29, 0.717) is 19.4 Å². The summed E-state index contributed by atoms with van der Waals surface area (Å²) in [4.78, 5) is 24.4. The van der Waals surface area contributed by atoms with Crippen LogP contribution in [0.3, 0.4) is 0 Å². The van der Waals surface area contributed by atoms with Crippen LogP contribution in [0.15, 0.2) is 60.8 Å². The highest BCUT2D eigenvalue weighted by atomic mass is 16.5. The maximum absolute atomic E-state index is 12.4. The number of hydrogen-bond donors (Lipinski definition) is 3. The normalized spacial score (nSPS) is 13.2. The second-order valence-electron chi connectivity index (χ2n) is 16.5. The van der Waals surface area contributed by atoms with Crippen molar-refractivity contribution in [1.82, 2.24) is 5.32 Å². The van der Waals surface area contributed by atoms with Crippen molar-refractivity contribution in [2.24, 2.45) is 0 Å². The lowest BCUT2D eigenvalue weighted by molar-refractivity contribution is -0.143. The molecule has 0 heterocycles. The van der Waals surface area contributed by atoms with Crippen molar-refractivity contribution in [2.75, 3.05) is 13.2 Å². The van der Waals surface area contributed by atoms with Gasteiger partial charge in [0.25, 0.3) is 0 Å². The van der Waals surface area contributed by atoms with Gasteiger partial charge in [-0.15, -0.1) is 0 Å². The Balaban J connectivity index is 3.56. The molecule has 0 aliphatic heterocycles. The molecule has 1 amide bonds. The van der Waals surface area contributed by atoms with Crippen LogP contribution in [0.25, 0.3) is 0 Å². The van der Waals surface area contributed by atoms with Crippen LogP contribution in [0.4, 0.5) is 0 Å². The Morgan fingerprint density at radius 1 is 0.500 bits per heavy atom. The molecule has 336 valence electrons. The molecule has 0 saturated carbocycles. The summed E-state index contributed by atoms with van der Waals surface area (Å²) >= 11 is 0. The fourth-order valence-corrected chi connectivity index (χ4v) is 6.94. The maximum atomic E-state index is 12.4. The topological polar surface area (TPSA) is 95.9 Å². The van der Waals surface area contributed by atoms with Gasteiger partial charge in [-0.05, 0) is 96.3 Å². The summed E-state index contributed by atoms with van der Waals surface area (Å²) in [6, 6.07) is -0.644. The third-order valence-electron chi connectivity index (χ3n) is 10.8. The Morgan fingerprint density at radius 3 is 1.43 bits per heavy atom. The minimum Gasteiger partial charge on any atom is -0.466 e. The minimum absolute atomic E-state index is 0.0380. The van der Waals surface area contributed by atoms with Crippen molar-refractivity contribution in [3.63, 3.8) is 0 Å². The van der Waals surface area contributed by atoms with E-state index in [-0.39, 0.29) is 18.5 Å². The van der Waals surface area contributed by atoms with Crippen LogP contribution in [0, 0.1) is 0 Å². The van der Waals surface area contributed by atoms with Gasteiger partial charge in [0.05, 0.1) is 25.4 Å². The Hall–Kier alpha value is -2.44. The lowest BCUT2D eigenvalue weighted by Crippen LogP contribution is -2.45. The molecule has 0 aromatic carbocycles. The Morgan fingerprint density at radius 2 is 0.914 bits per heavy atom. The monoisotopic (exact) mass is 812 g/mol. The van der Waals surface area contributed by atoms with Gasteiger partial charge in [0.2, 0.25) is 5.91 Å². The first-order chi connectivity index (χ1) is 28.5. The van der Waals surface area contributed by atoms with Gasteiger partial charge < -0.3 is 20.3 Å². The molecule has 0 fully saturated rings. The molecule has 0 aromatic heterocycles. The summed E-state index contributed by atoms with van der Waals surface area (Å²) in [5.41, 5.74) is 0. The molecule has 2 atom stereocenters. The highest BCUT2D eigenvalue weighted by molar-refractivity contribution is 5.76. The molecule has 58 heavy (non-hydrogen) atoms. The quantitative estimate of drug-likeness (QED) is 0.0246. The van der Waals surface area contributed by atoms with E-state index in [4.69, 9.17) is 4.74 Å². The molecule has 0 radical (unpaired) electrons. The van der Waals surface area contributed by atoms with Crippen LogP contribution in [0.5, 0.6) is 0 Å². The molecular weight excluding hydrogens is 719 g/mol. The number of carbonyl (C=O) groups is 2. The van der Waals surface area contributed by atoms with Gasteiger partial charge in [0, 0.05) is 12.8 Å². The first-order valence-corrected chi connectivity index (χ1v) is 24.6. The smallest absolute Gasteiger partial charge is 0.305 e. The Labute approximate surface area is 358 Å². The third kappa shape index (κ3) is 43.1. The molecule has 6 heteroatoms. The number of aliphatic hydroxyl groups excluding tert-OH is 2. The SMILES string of the molecule is CCCCCC/C=C\C/C=C\CCCCCCCC(=O)OCCCCC/C=C\C=C/CCCCCCCCC(=O)NC(CO)C(O)/C=C/CCCCCCCCCC. The van der Waals surface area contributed by atoms with E-state index in [2.05, 4.69) is 67.8 Å². The van der Waals surface area contributed by atoms with Crippen LogP contribution in [0.2, 0.25) is 0 Å². The highest BCUT2D eigenvalue weighted by Gasteiger charge is 2.18. The lowest BCUT2D eigenvalue weighted by Gasteiger charge is -2.20. The predicted octanol–water partition coefficient (Wildman–Crippen LogP) is 14.5. The molecular formula is C52H93NO5. The van der Waals surface area contributed by atoms with Gasteiger partial charge in [0.15, 0.2) is 0 Å². The highest BCUT2D eigenvalue weighted by Crippen LogP contribution is 2.13. The molecule has 3 N–H and O–H groups in total. The molecule has 2 unspecified atom stereocenters. The number of carbonyl (C=O) groups excluding carboxylic acids is 2. The van der Waals surface area contributed by atoms with Crippen molar-refractivity contribution >= 4 is 11.9 Å². The summed E-state index contributed by atoms with van der Waals surface area (Å²) in [6.07, 6.45) is 59.3. The zero-order valence-corrected chi connectivity index (χ0v) is 38.0. The molecule has 0 aliphatic carbocycles. The summed E-state index contributed by atoms with van der Waals surface area (Å²) in [7, 11) is 0. The van der Waals surface area contributed by atoms with Crippen LogP contribution in [0.1, 0.15) is 232 Å². The van der Waals surface area contributed by atoms with E-state index in [1.165, 1.54) is 116 Å². The number of esters is 1. The number of hydrogen-bond acceptors (Lipinski definition) is 5. The van der Waals surface area contributed by atoms with Gasteiger partial charge in [0.1, 0.15) is 0 Å². The summed E-state index contributed by atoms with van der Waals surface area (Å²) in [6.45, 7) is 4.78. The van der Waals surface area contributed by atoms with Gasteiger partial charge in [-0.3, -0.25) is 9.59 Å². The van der Waals surface area contributed by atoms with Crippen molar-refractivity contribution in [3.05, 3.63) is 60.8 Å². The average Bonchev–Trinajstić information content (AvgIpc) is 3.22. The first kappa shape index (κ1) is 55.6. The molecule has 6 nitrogen and oxygen atoms in total. The minimum atomic E-state index is -0.858. The van der Waals surface area contributed by atoms with E-state index in [1.54, 1.807) is 6.08 Å². The molecule has 0 aliphatic rings.